The van der Waals surface area contributed by atoms with E-state index in [0.29, 0.717) is 18.5 Å². The molecule has 0 saturated carbocycles. The van der Waals surface area contributed by atoms with Crippen molar-refractivity contribution < 1.29 is 14.9 Å². The van der Waals surface area contributed by atoms with E-state index in [1.165, 1.54) is 6.20 Å². The highest BCUT2D eigenvalue weighted by molar-refractivity contribution is 7.72. The molecule has 4 atom stereocenters. The van der Waals surface area contributed by atoms with E-state index in [1.807, 2.05) is 19.9 Å². The van der Waals surface area contributed by atoms with Crippen molar-refractivity contribution in [2.75, 3.05) is 26.0 Å². The summed E-state index contributed by atoms with van der Waals surface area (Å²) in [4.78, 5) is 26.6. The lowest BCUT2D eigenvalue weighted by atomic mass is 10.1. The first-order valence-electron chi connectivity index (χ1n) is 9.37. The minimum Gasteiger partial charge on any atom is -0.388 e. The van der Waals surface area contributed by atoms with Gasteiger partial charge in [-0.15, -0.1) is 13.2 Å². The predicted octanol–water partition coefficient (Wildman–Crippen LogP) is 0.311. The van der Waals surface area contributed by atoms with Gasteiger partial charge in [0.2, 0.25) is 0 Å². The molecule has 0 radical (unpaired) electrons. The topological polar surface area (TPSA) is 117 Å². The van der Waals surface area contributed by atoms with Crippen molar-refractivity contribution in [3.63, 3.8) is 0 Å². The molecule has 9 heteroatoms. The molecule has 4 N–H and O–H groups in total. The van der Waals surface area contributed by atoms with Gasteiger partial charge >= 0.3 is 5.69 Å². The molecular formula is C19H32N3O5P. The zero-order chi connectivity index (χ0) is 21.1. The zero-order valence-electron chi connectivity index (χ0n) is 17.0. The van der Waals surface area contributed by atoms with Crippen LogP contribution in [-0.2, 0) is 11.3 Å². The monoisotopic (exact) mass is 413 g/mol. The van der Waals surface area contributed by atoms with Crippen LogP contribution in [0.4, 0.5) is 0 Å². The molecule has 0 amide bonds. The number of allylic oxidation sites excluding steroid dienone is 1. The molecule has 1 unspecified atom stereocenters. The fourth-order valence-electron chi connectivity index (χ4n) is 3.00. The van der Waals surface area contributed by atoms with Gasteiger partial charge in [-0.25, -0.2) is 4.79 Å². The lowest BCUT2D eigenvalue weighted by Crippen LogP contribution is -2.39. The number of hydrogen-bond donors (Lipinski definition) is 4. The van der Waals surface area contributed by atoms with E-state index in [1.54, 1.807) is 0 Å². The third kappa shape index (κ3) is 6.03. The van der Waals surface area contributed by atoms with Gasteiger partial charge in [0.15, 0.2) is 6.23 Å². The van der Waals surface area contributed by atoms with E-state index in [9.17, 15) is 19.8 Å². The van der Waals surface area contributed by atoms with E-state index >= 15 is 0 Å². The quantitative estimate of drug-likeness (QED) is 0.277. The Morgan fingerprint density at radius 1 is 1.36 bits per heavy atom. The first kappa shape index (κ1) is 22.8. The lowest BCUT2D eigenvalue weighted by Gasteiger charge is -2.19. The molecule has 0 aliphatic carbocycles. The van der Waals surface area contributed by atoms with E-state index in [4.69, 9.17) is 4.74 Å². The van der Waals surface area contributed by atoms with E-state index in [0.717, 1.165) is 16.3 Å². The molecule has 158 valence electrons. The summed E-state index contributed by atoms with van der Waals surface area (Å²) in [5, 5.41) is 23.9. The number of ether oxygens (including phenoxy) is 1. The largest absolute Gasteiger partial charge is 0.388 e. The van der Waals surface area contributed by atoms with Gasteiger partial charge in [-0.1, -0.05) is 11.6 Å². The first-order chi connectivity index (χ1) is 13.0. The van der Waals surface area contributed by atoms with Crippen LogP contribution < -0.4 is 16.6 Å². The van der Waals surface area contributed by atoms with Gasteiger partial charge < -0.3 is 20.3 Å². The van der Waals surface area contributed by atoms with Crippen LogP contribution in [0.25, 0.3) is 0 Å². The van der Waals surface area contributed by atoms with Crippen LogP contribution in [0.3, 0.4) is 0 Å². The minimum atomic E-state index is -1.30. The second-order valence-electron chi connectivity index (χ2n) is 8.23. The number of nitrogens with zero attached hydrogens (tertiary/aromatic N) is 1. The SMILES string of the molecule is C=P(C)(C)CC[C@H]1O[C@@H](n2cc(CNCC=C(C)C)c(=O)[nH]c2=O)C(O)[C@@H]1O. The third-order valence-corrected chi connectivity index (χ3v) is 6.11. The highest BCUT2D eigenvalue weighted by atomic mass is 31.2. The Morgan fingerprint density at radius 3 is 2.64 bits per heavy atom. The van der Waals surface area contributed by atoms with Crippen LogP contribution in [0.15, 0.2) is 27.4 Å². The van der Waals surface area contributed by atoms with Crippen LogP contribution in [0.1, 0.15) is 32.1 Å². The molecule has 1 aliphatic heterocycles. The summed E-state index contributed by atoms with van der Waals surface area (Å²) in [7, 11) is 0. The predicted molar refractivity (Wildman–Crippen MR) is 114 cm³/mol. The Morgan fingerprint density at radius 2 is 2.04 bits per heavy atom. The fraction of sp³-hybridized carbons (Fsp3) is 0.632. The summed E-state index contributed by atoms with van der Waals surface area (Å²) in [6.45, 7) is 7.68. The smallest absolute Gasteiger partial charge is 0.330 e. The summed E-state index contributed by atoms with van der Waals surface area (Å²) < 4.78 is 6.95. The van der Waals surface area contributed by atoms with Crippen molar-refractivity contribution in [3.05, 3.63) is 44.2 Å². The number of hydrogen-bond acceptors (Lipinski definition) is 6. The molecule has 1 aromatic heterocycles. The first-order valence-corrected chi connectivity index (χ1v) is 12.4. The summed E-state index contributed by atoms with van der Waals surface area (Å²) in [6.07, 6.45) is 4.87. The molecule has 8 nitrogen and oxygen atoms in total. The van der Waals surface area contributed by atoms with Crippen LogP contribution >= 0.6 is 6.89 Å². The summed E-state index contributed by atoms with van der Waals surface area (Å²) in [5.74, 6) is 0. The maximum Gasteiger partial charge on any atom is 0.330 e. The van der Waals surface area contributed by atoms with Gasteiger partial charge in [-0.3, -0.25) is 14.3 Å². The average molecular weight is 413 g/mol. The van der Waals surface area contributed by atoms with Crippen LogP contribution in [0.2, 0.25) is 0 Å². The van der Waals surface area contributed by atoms with Crippen LogP contribution in [-0.4, -0.2) is 70.4 Å². The number of aromatic amines is 1. The normalized spacial score (nSPS) is 25.1. The van der Waals surface area contributed by atoms with E-state index in [-0.39, 0.29) is 6.54 Å². The maximum atomic E-state index is 12.3. The molecule has 0 aromatic carbocycles. The number of nitrogens with one attached hydrogen (secondary N) is 2. The number of aromatic nitrogens is 2. The second-order valence-corrected chi connectivity index (χ2v) is 12.5. The number of aliphatic hydroxyl groups excluding tert-OH is 2. The van der Waals surface area contributed by atoms with Gasteiger partial charge in [0.05, 0.1) is 6.10 Å². The summed E-state index contributed by atoms with van der Waals surface area (Å²) in [5.41, 5.74) is 0.334. The molecule has 1 aliphatic rings. The Labute approximate surface area is 165 Å². The fourth-order valence-corrected chi connectivity index (χ4v) is 3.95. The van der Waals surface area contributed by atoms with Crippen LogP contribution in [0, 0.1) is 0 Å². The summed E-state index contributed by atoms with van der Waals surface area (Å²) >= 11 is 0. The van der Waals surface area contributed by atoms with E-state index < -0.39 is 42.7 Å². The van der Waals surface area contributed by atoms with Crippen LogP contribution in [0.5, 0.6) is 0 Å². The molecular weight excluding hydrogens is 381 g/mol. The van der Waals surface area contributed by atoms with Crippen molar-refractivity contribution in [2.45, 2.75) is 51.4 Å². The van der Waals surface area contributed by atoms with Crippen molar-refractivity contribution in [3.8, 4) is 0 Å². The van der Waals surface area contributed by atoms with Gasteiger partial charge in [0, 0.05) is 24.8 Å². The molecule has 2 heterocycles. The highest BCUT2D eigenvalue weighted by Gasteiger charge is 2.43. The Kier molecular flexibility index (Phi) is 7.65. The Hall–Kier alpha value is -1.44. The Balaban J connectivity index is 2.18. The molecule has 1 aromatic rings. The molecule has 0 spiro atoms. The van der Waals surface area contributed by atoms with Gasteiger partial charge in [0.25, 0.3) is 5.56 Å². The number of H-pyrrole nitrogens is 1. The molecule has 1 fully saturated rings. The lowest BCUT2D eigenvalue weighted by molar-refractivity contribution is -0.0404. The second kappa shape index (κ2) is 9.37. The van der Waals surface area contributed by atoms with Crippen molar-refractivity contribution >= 4 is 13.2 Å². The van der Waals surface area contributed by atoms with Crippen molar-refractivity contribution in [1.29, 1.82) is 0 Å². The van der Waals surface area contributed by atoms with E-state index in [2.05, 4.69) is 29.9 Å². The molecule has 1 saturated heterocycles. The highest BCUT2D eigenvalue weighted by Crippen LogP contribution is 2.39. The summed E-state index contributed by atoms with van der Waals surface area (Å²) in [6, 6.07) is 0. The molecule has 28 heavy (non-hydrogen) atoms. The zero-order valence-corrected chi connectivity index (χ0v) is 17.9. The average Bonchev–Trinajstić information content (AvgIpc) is 2.86. The van der Waals surface area contributed by atoms with Gasteiger partial charge in [-0.05, 0) is 39.8 Å². The standard InChI is InChI=1S/C19H32N3O5P/c1-12(2)6-8-20-10-13-11-22(19(26)21-17(13)25)18-16(24)15(23)14(27-18)7-9-28(3,4)5/h6,11,14-16,18,20,23-24H,3,7-10H2,1-2,4-5H3,(H,21,25,26)/t14-,15-,16?,18-/m1/s1. The van der Waals surface area contributed by atoms with Gasteiger partial charge in [0.1, 0.15) is 12.2 Å². The molecule has 0 bridgehead atoms. The van der Waals surface area contributed by atoms with Crippen molar-refractivity contribution in [2.24, 2.45) is 0 Å². The Bertz CT molecular complexity index is 865. The molecule has 2 rings (SSSR count). The third-order valence-electron chi connectivity index (χ3n) is 4.64. The maximum absolute atomic E-state index is 12.3. The van der Waals surface area contributed by atoms with Gasteiger partial charge in [-0.2, -0.15) is 0 Å². The van der Waals surface area contributed by atoms with Crippen molar-refractivity contribution in [1.82, 2.24) is 14.9 Å². The number of rotatable bonds is 8. The number of aliphatic hydroxyl groups is 2. The minimum absolute atomic E-state index is 0.258.